The number of carbonyl (C=O) groups is 1. The Hall–Kier alpha value is -1.91. The molecule has 1 rings (SSSR count). The summed E-state index contributed by atoms with van der Waals surface area (Å²) in [5.74, 6) is -1.23. The van der Waals surface area contributed by atoms with E-state index in [0.717, 1.165) is 5.56 Å². The van der Waals surface area contributed by atoms with E-state index in [-0.39, 0.29) is 23.7 Å². The number of benzene rings is 1. The molecular formula is C11H14O5. The lowest BCUT2D eigenvalue weighted by molar-refractivity contribution is -0.137. The molecule has 3 N–H and O–H groups in total. The molecule has 0 fully saturated rings. The summed E-state index contributed by atoms with van der Waals surface area (Å²) < 4.78 is 4.87. The van der Waals surface area contributed by atoms with Crippen molar-refractivity contribution in [3.8, 4) is 17.2 Å². The second kappa shape index (κ2) is 5.25. The Morgan fingerprint density at radius 3 is 2.62 bits per heavy atom. The zero-order valence-electron chi connectivity index (χ0n) is 8.93. The molecule has 0 heterocycles. The Bertz CT molecular complexity index is 386. The second-order valence-electron chi connectivity index (χ2n) is 3.41. The van der Waals surface area contributed by atoms with Crippen LogP contribution in [0.5, 0.6) is 17.2 Å². The van der Waals surface area contributed by atoms with Crippen molar-refractivity contribution in [1.29, 1.82) is 0 Å². The van der Waals surface area contributed by atoms with Gasteiger partial charge in [-0.05, 0) is 30.5 Å². The van der Waals surface area contributed by atoms with E-state index in [1.165, 1.54) is 13.2 Å². The lowest BCUT2D eigenvalue weighted by atomic mass is 10.1. The van der Waals surface area contributed by atoms with Gasteiger partial charge in [-0.25, -0.2) is 0 Å². The molecule has 88 valence electrons. The average molecular weight is 226 g/mol. The van der Waals surface area contributed by atoms with Crippen molar-refractivity contribution >= 4 is 5.97 Å². The summed E-state index contributed by atoms with van der Waals surface area (Å²) in [6, 6.07) is 2.98. The molecule has 0 spiro atoms. The van der Waals surface area contributed by atoms with E-state index < -0.39 is 5.97 Å². The average Bonchev–Trinajstić information content (AvgIpc) is 2.22. The van der Waals surface area contributed by atoms with Crippen LogP contribution in [0.15, 0.2) is 12.1 Å². The Balaban J connectivity index is 2.74. The van der Waals surface area contributed by atoms with Crippen LogP contribution in [0.25, 0.3) is 0 Å². The third-order valence-electron chi connectivity index (χ3n) is 2.19. The predicted octanol–water partition coefficient (Wildman–Crippen LogP) is 1.51. The fourth-order valence-electron chi connectivity index (χ4n) is 1.39. The number of phenols is 2. The molecule has 0 aromatic heterocycles. The molecular weight excluding hydrogens is 212 g/mol. The zero-order chi connectivity index (χ0) is 12.1. The van der Waals surface area contributed by atoms with E-state index in [1.54, 1.807) is 6.07 Å². The van der Waals surface area contributed by atoms with E-state index in [1.807, 2.05) is 0 Å². The fourth-order valence-corrected chi connectivity index (χ4v) is 1.39. The first-order chi connectivity index (χ1) is 7.54. The molecule has 0 atom stereocenters. The first kappa shape index (κ1) is 12.2. The summed E-state index contributed by atoms with van der Waals surface area (Å²) in [5.41, 5.74) is 0.730. The summed E-state index contributed by atoms with van der Waals surface area (Å²) in [6.07, 6.45) is 1.06. The Labute approximate surface area is 92.9 Å². The Morgan fingerprint density at radius 1 is 1.38 bits per heavy atom. The summed E-state index contributed by atoms with van der Waals surface area (Å²) in [4.78, 5) is 10.3. The van der Waals surface area contributed by atoms with Crippen LogP contribution in [0.4, 0.5) is 0 Å². The lowest BCUT2D eigenvalue weighted by Crippen LogP contribution is -1.96. The number of hydrogen-bond acceptors (Lipinski definition) is 4. The van der Waals surface area contributed by atoms with E-state index in [0.29, 0.717) is 12.8 Å². The van der Waals surface area contributed by atoms with Crippen molar-refractivity contribution < 1.29 is 24.9 Å². The Kier molecular flexibility index (Phi) is 3.99. The van der Waals surface area contributed by atoms with Gasteiger partial charge in [0.15, 0.2) is 11.5 Å². The molecule has 0 aliphatic heterocycles. The van der Waals surface area contributed by atoms with E-state index >= 15 is 0 Å². The molecule has 1 aromatic carbocycles. The third-order valence-corrected chi connectivity index (χ3v) is 2.19. The van der Waals surface area contributed by atoms with Crippen molar-refractivity contribution in [1.82, 2.24) is 0 Å². The summed E-state index contributed by atoms with van der Waals surface area (Å²) in [5, 5.41) is 27.2. The molecule has 16 heavy (non-hydrogen) atoms. The number of ether oxygens (including phenoxy) is 1. The van der Waals surface area contributed by atoms with E-state index in [9.17, 15) is 15.0 Å². The molecule has 1 aromatic rings. The van der Waals surface area contributed by atoms with Gasteiger partial charge in [0.2, 0.25) is 5.75 Å². The highest BCUT2D eigenvalue weighted by atomic mass is 16.5. The van der Waals surface area contributed by atoms with E-state index in [2.05, 4.69) is 0 Å². The van der Waals surface area contributed by atoms with Crippen LogP contribution in [0, 0.1) is 0 Å². The largest absolute Gasteiger partial charge is 0.504 e. The number of carboxylic acid groups (broad SMARTS) is 1. The topological polar surface area (TPSA) is 87.0 Å². The number of hydrogen-bond donors (Lipinski definition) is 3. The van der Waals surface area contributed by atoms with Crippen LogP contribution in [0.3, 0.4) is 0 Å². The number of carboxylic acids is 1. The zero-order valence-corrected chi connectivity index (χ0v) is 8.93. The van der Waals surface area contributed by atoms with Crippen LogP contribution in [0.1, 0.15) is 18.4 Å². The highest BCUT2D eigenvalue weighted by Crippen LogP contribution is 2.36. The van der Waals surface area contributed by atoms with Crippen molar-refractivity contribution in [3.05, 3.63) is 17.7 Å². The SMILES string of the molecule is COc1cc(CCCC(=O)O)cc(O)c1O. The summed E-state index contributed by atoms with van der Waals surface area (Å²) >= 11 is 0. The number of aliphatic carboxylic acids is 1. The number of phenolic OH excluding ortho intramolecular Hbond substituents is 2. The smallest absolute Gasteiger partial charge is 0.303 e. The Morgan fingerprint density at radius 2 is 2.06 bits per heavy atom. The maximum Gasteiger partial charge on any atom is 0.303 e. The van der Waals surface area contributed by atoms with Crippen LogP contribution in [-0.4, -0.2) is 28.4 Å². The van der Waals surface area contributed by atoms with Crippen LogP contribution >= 0.6 is 0 Å². The normalized spacial score (nSPS) is 10.1. The first-order valence-corrected chi connectivity index (χ1v) is 4.85. The van der Waals surface area contributed by atoms with Crippen molar-refractivity contribution in [3.63, 3.8) is 0 Å². The quantitative estimate of drug-likeness (QED) is 0.662. The van der Waals surface area contributed by atoms with Crippen molar-refractivity contribution in [2.45, 2.75) is 19.3 Å². The lowest BCUT2D eigenvalue weighted by Gasteiger charge is -2.08. The third kappa shape index (κ3) is 3.05. The standard InChI is InChI=1S/C11H14O5/c1-16-9-6-7(3-2-4-10(13)14)5-8(12)11(9)15/h5-6,12,15H,2-4H2,1H3,(H,13,14). The number of methoxy groups -OCH3 is 1. The maximum atomic E-state index is 10.3. The minimum atomic E-state index is -0.852. The highest BCUT2D eigenvalue weighted by Gasteiger charge is 2.09. The molecule has 5 heteroatoms. The van der Waals surface area contributed by atoms with Crippen molar-refractivity contribution in [2.75, 3.05) is 7.11 Å². The molecule has 0 unspecified atom stereocenters. The van der Waals surface area contributed by atoms with Gasteiger partial charge in [0.1, 0.15) is 0 Å². The molecule has 0 bridgehead atoms. The minimum Gasteiger partial charge on any atom is -0.504 e. The van der Waals surface area contributed by atoms with Gasteiger partial charge in [0.05, 0.1) is 7.11 Å². The van der Waals surface area contributed by atoms with Crippen LogP contribution in [-0.2, 0) is 11.2 Å². The summed E-state index contributed by atoms with van der Waals surface area (Å²) in [6.45, 7) is 0. The van der Waals surface area contributed by atoms with Crippen molar-refractivity contribution in [2.24, 2.45) is 0 Å². The fraction of sp³-hybridized carbons (Fsp3) is 0.364. The number of aryl methyl sites for hydroxylation is 1. The molecule has 0 saturated heterocycles. The van der Waals surface area contributed by atoms with Gasteiger partial charge in [0.25, 0.3) is 0 Å². The van der Waals surface area contributed by atoms with Gasteiger partial charge in [-0.1, -0.05) is 0 Å². The molecule has 0 amide bonds. The number of aromatic hydroxyl groups is 2. The van der Waals surface area contributed by atoms with Gasteiger partial charge in [-0.15, -0.1) is 0 Å². The van der Waals surface area contributed by atoms with Crippen LogP contribution < -0.4 is 4.74 Å². The molecule has 0 aliphatic rings. The maximum absolute atomic E-state index is 10.3. The molecule has 0 aliphatic carbocycles. The van der Waals surface area contributed by atoms with Gasteiger partial charge in [-0.3, -0.25) is 4.79 Å². The van der Waals surface area contributed by atoms with Gasteiger partial charge < -0.3 is 20.1 Å². The molecule has 5 nitrogen and oxygen atoms in total. The highest BCUT2D eigenvalue weighted by molar-refractivity contribution is 5.66. The molecule has 0 saturated carbocycles. The summed E-state index contributed by atoms with van der Waals surface area (Å²) in [7, 11) is 1.38. The van der Waals surface area contributed by atoms with Gasteiger partial charge in [0, 0.05) is 6.42 Å². The second-order valence-corrected chi connectivity index (χ2v) is 3.41. The molecule has 0 radical (unpaired) electrons. The van der Waals surface area contributed by atoms with Crippen LogP contribution in [0.2, 0.25) is 0 Å². The minimum absolute atomic E-state index is 0.0734. The first-order valence-electron chi connectivity index (χ1n) is 4.85. The van der Waals surface area contributed by atoms with Gasteiger partial charge in [-0.2, -0.15) is 0 Å². The monoisotopic (exact) mass is 226 g/mol. The van der Waals surface area contributed by atoms with Gasteiger partial charge >= 0.3 is 5.97 Å². The number of rotatable bonds is 5. The predicted molar refractivity (Wildman–Crippen MR) is 56.9 cm³/mol. The van der Waals surface area contributed by atoms with E-state index in [4.69, 9.17) is 9.84 Å².